The van der Waals surface area contributed by atoms with Crippen molar-refractivity contribution in [1.82, 2.24) is 0 Å². The summed E-state index contributed by atoms with van der Waals surface area (Å²) in [6.07, 6.45) is 2.55. The van der Waals surface area contributed by atoms with E-state index in [0.717, 1.165) is 10.6 Å². The third-order valence-electron chi connectivity index (χ3n) is 3.48. The molecule has 1 aromatic carbocycles. The van der Waals surface area contributed by atoms with E-state index in [0.29, 0.717) is 5.92 Å². The summed E-state index contributed by atoms with van der Waals surface area (Å²) in [5.74, 6) is 0.699. The number of aryl methyl sites for hydroxylation is 1. The van der Waals surface area contributed by atoms with Crippen LogP contribution in [0, 0.1) is 12.8 Å². The fourth-order valence-electron chi connectivity index (χ4n) is 2.18. The normalized spacial score (nSPS) is 16.8. The number of hydrogen-bond acceptors (Lipinski definition) is 2. The smallest absolute Gasteiger partial charge is 0.0495 e. The highest BCUT2D eigenvalue weighted by atomic mass is 35.5. The largest absolute Gasteiger partial charge is 0.323 e. The number of benzene rings is 1. The minimum atomic E-state index is 0.216. The predicted molar refractivity (Wildman–Crippen MR) is 79.2 cm³/mol. The van der Waals surface area contributed by atoms with Crippen LogP contribution in [0.5, 0.6) is 0 Å². The number of rotatable bonds is 3. The van der Waals surface area contributed by atoms with Crippen LogP contribution >= 0.6 is 22.9 Å². The van der Waals surface area contributed by atoms with Crippen molar-refractivity contribution in [3.05, 3.63) is 45.8 Å². The quantitative estimate of drug-likeness (QED) is 0.858. The highest BCUT2D eigenvalue weighted by Gasteiger charge is 2.30. The van der Waals surface area contributed by atoms with Gasteiger partial charge in [-0.25, -0.2) is 0 Å². The summed E-state index contributed by atoms with van der Waals surface area (Å²) in [6, 6.07) is 10.7. The zero-order chi connectivity index (χ0) is 12.7. The van der Waals surface area contributed by atoms with Crippen molar-refractivity contribution >= 4 is 22.9 Å². The van der Waals surface area contributed by atoms with Crippen LogP contribution in [0.4, 0.5) is 0 Å². The molecule has 1 saturated carbocycles. The van der Waals surface area contributed by atoms with Crippen LogP contribution in [0.2, 0.25) is 5.02 Å². The maximum atomic E-state index is 6.30. The minimum absolute atomic E-state index is 0.216. The summed E-state index contributed by atoms with van der Waals surface area (Å²) in [6.45, 7) is 2.05. The van der Waals surface area contributed by atoms with Gasteiger partial charge in [-0.05, 0) is 49.4 Å². The average molecular weight is 278 g/mol. The SMILES string of the molecule is Cc1ccc(-c2ccc(C(N)C3CC3)s2)c(Cl)c1. The maximum Gasteiger partial charge on any atom is 0.0495 e. The lowest BCUT2D eigenvalue weighted by molar-refractivity contribution is 0.645. The highest BCUT2D eigenvalue weighted by Crippen LogP contribution is 2.43. The first-order valence-electron chi connectivity index (χ1n) is 6.27. The van der Waals surface area contributed by atoms with Crippen molar-refractivity contribution in [2.75, 3.05) is 0 Å². The van der Waals surface area contributed by atoms with E-state index < -0.39 is 0 Å². The summed E-state index contributed by atoms with van der Waals surface area (Å²) in [7, 11) is 0. The molecule has 0 aliphatic heterocycles. The molecule has 2 N–H and O–H groups in total. The molecule has 3 rings (SSSR count). The molecule has 1 unspecified atom stereocenters. The van der Waals surface area contributed by atoms with Gasteiger partial charge in [0, 0.05) is 26.4 Å². The predicted octanol–water partition coefficient (Wildman–Crippen LogP) is 4.79. The van der Waals surface area contributed by atoms with Gasteiger partial charge < -0.3 is 5.73 Å². The summed E-state index contributed by atoms with van der Waals surface area (Å²) in [5.41, 5.74) is 8.53. The first kappa shape index (κ1) is 12.2. The van der Waals surface area contributed by atoms with Gasteiger partial charge in [0.1, 0.15) is 0 Å². The van der Waals surface area contributed by atoms with Crippen molar-refractivity contribution < 1.29 is 0 Å². The van der Waals surface area contributed by atoms with E-state index in [1.54, 1.807) is 11.3 Å². The number of hydrogen-bond donors (Lipinski definition) is 1. The van der Waals surface area contributed by atoms with E-state index in [1.165, 1.54) is 28.2 Å². The lowest BCUT2D eigenvalue weighted by Crippen LogP contribution is -2.10. The Morgan fingerprint density at radius 3 is 2.72 bits per heavy atom. The van der Waals surface area contributed by atoms with Gasteiger partial charge in [0.05, 0.1) is 0 Å². The highest BCUT2D eigenvalue weighted by molar-refractivity contribution is 7.15. The Kier molecular flexibility index (Phi) is 3.18. The average Bonchev–Trinajstić information content (AvgIpc) is 3.07. The molecule has 1 nitrogen and oxygen atoms in total. The molecule has 1 aromatic heterocycles. The molecule has 94 valence electrons. The molecule has 1 atom stereocenters. The van der Waals surface area contributed by atoms with Gasteiger partial charge in [0.15, 0.2) is 0 Å². The van der Waals surface area contributed by atoms with Crippen molar-refractivity contribution in [2.24, 2.45) is 11.7 Å². The molecule has 0 radical (unpaired) electrons. The van der Waals surface area contributed by atoms with Gasteiger partial charge in [0.2, 0.25) is 0 Å². The third-order valence-corrected chi connectivity index (χ3v) is 5.01. The van der Waals surface area contributed by atoms with E-state index in [2.05, 4.69) is 31.2 Å². The second-order valence-corrected chi connectivity index (χ2v) is 6.57. The Labute approximate surface area is 117 Å². The molecule has 0 spiro atoms. The van der Waals surface area contributed by atoms with Crippen LogP contribution in [0.3, 0.4) is 0 Å². The second kappa shape index (κ2) is 4.69. The molecule has 1 fully saturated rings. The lowest BCUT2D eigenvalue weighted by atomic mass is 10.1. The van der Waals surface area contributed by atoms with Gasteiger partial charge in [-0.2, -0.15) is 0 Å². The van der Waals surface area contributed by atoms with Gasteiger partial charge in [-0.15, -0.1) is 11.3 Å². The summed E-state index contributed by atoms with van der Waals surface area (Å²) >= 11 is 8.08. The summed E-state index contributed by atoms with van der Waals surface area (Å²) < 4.78 is 0. The number of thiophene rings is 1. The van der Waals surface area contributed by atoms with Crippen LogP contribution in [0.15, 0.2) is 30.3 Å². The van der Waals surface area contributed by atoms with Gasteiger partial charge in [0.25, 0.3) is 0 Å². The third kappa shape index (κ3) is 2.33. The molecule has 3 heteroatoms. The standard InChI is InChI=1S/C15H16ClNS/c1-9-2-5-11(12(16)8-9)13-6-7-14(18-13)15(17)10-3-4-10/h2,5-8,10,15H,3-4,17H2,1H3. The summed E-state index contributed by atoms with van der Waals surface area (Å²) in [5, 5.41) is 0.823. The van der Waals surface area contributed by atoms with Crippen molar-refractivity contribution in [3.63, 3.8) is 0 Å². The monoisotopic (exact) mass is 277 g/mol. The first-order valence-corrected chi connectivity index (χ1v) is 7.46. The lowest BCUT2D eigenvalue weighted by Gasteiger charge is -2.06. The molecule has 2 aromatic rings. The van der Waals surface area contributed by atoms with Gasteiger partial charge in [-0.3, -0.25) is 0 Å². The topological polar surface area (TPSA) is 26.0 Å². The molecular formula is C15H16ClNS. The molecule has 0 amide bonds. The van der Waals surface area contributed by atoms with E-state index in [-0.39, 0.29) is 6.04 Å². The molecular weight excluding hydrogens is 262 g/mol. The first-order chi connectivity index (χ1) is 8.65. The Hall–Kier alpha value is -0.830. The van der Waals surface area contributed by atoms with E-state index in [1.807, 2.05) is 6.07 Å². The van der Waals surface area contributed by atoms with Crippen LogP contribution in [-0.4, -0.2) is 0 Å². The summed E-state index contributed by atoms with van der Waals surface area (Å²) in [4.78, 5) is 2.50. The molecule has 0 bridgehead atoms. The zero-order valence-corrected chi connectivity index (χ0v) is 11.9. The van der Waals surface area contributed by atoms with Crippen molar-refractivity contribution in [2.45, 2.75) is 25.8 Å². The van der Waals surface area contributed by atoms with Crippen LogP contribution in [0.1, 0.15) is 29.3 Å². The van der Waals surface area contributed by atoms with Crippen molar-refractivity contribution in [1.29, 1.82) is 0 Å². The van der Waals surface area contributed by atoms with Gasteiger partial charge in [-0.1, -0.05) is 23.7 Å². The van der Waals surface area contributed by atoms with E-state index in [4.69, 9.17) is 17.3 Å². The maximum absolute atomic E-state index is 6.30. The zero-order valence-electron chi connectivity index (χ0n) is 10.3. The van der Waals surface area contributed by atoms with Crippen LogP contribution < -0.4 is 5.73 Å². The fraction of sp³-hybridized carbons (Fsp3) is 0.333. The minimum Gasteiger partial charge on any atom is -0.323 e. The Morgan fingerprint density at radius 1 is 1.28 bits per heavy atom. The number of nitrogens with two attached hydrogens (primary N) is 1. The Balaban J connectivity index is 1.92. The molecule has 1 heterocycles. The molecule has 1 aliphatic carbocycles. The van der Waals surface area contributed by atoms with Crippen molar-refractivity contribution in [3.8, 4) is 10.4 Å². The van der Waals surface area contributed by atoms with E-state index in [9.17, 15) is 0 Å². The Bertz CT molecular complexity index is 572. The fourth-order valence-corrected chi connectivity index (χ4v) is 3.72. The van der Waals surface area contributed by atoms with E-state index >= 15 is 0 Å². The number of halogens is 1. The van der Waals surface area contributed by atoms with Crippen LogP contribution in [-0.2, 0) is 0 Å². The van der Waals surface area contributed by atoms with Gasteiger partial charge >= 0.3 is 0 Å². The molecule has 1 aliphatic rings. The van der Waals surface area contributed by atoms with Crippen LogP contribution in [0.25, 0.3) is 10.4 Å². The second-order valence-electron chi connectivity index (χ2n) is 5.05. The molecule has 18 heavy (non-hydrogen) atoms. The Morgan fingerprint density at radius 2 is 2.06 bits per heavy atom. The molecule has 0 saturated heterocycles.